The Bertz CT molecular complexity index is 325. The van der Waals surface area contributed by atoms with E-state index in [1.807, 2.05) is 18.3 Å². The van der Waals surface area contributed by atoms with Crippen LogP contribution in [0, 0.1) is 5.92 Å². The minimum absolute atomic E-state index is 0.388. The first kappa shape index (κ1) is 12.5. The highest BCUT2D eigenvalue weighted by atomic mass is 16.5. The fraction of sp³-hybridized carbons (Fsp3) is 0.615. The summed E-state index contributed by atoms with van der Waals surface area (Å²) >= 11 is 0. The summed E-state index contributed by atoms with van der Waals surface area (Å²) in [4.78, 5) is 6.64. The third-order valence-electron chi connectivity index (χ3n) is 3.45. The summed E-state index contributed by atoms with van der Waals surface area (Å²) in [7, 11) is 2.12. The van der Waals surface area contributed by atoms with Crippen LogP contribution in [0.4, 0.5) is 0 Å². The molecule has 1 fully saturated rings. The van der Waals surface area contributed by atoms with Gasteiger partial charge in [-0.1, -0.05) is 6.07 Å². The number of hydrogen-bond acceptors (Lipinski definition) is 4. The Hall–Kier alpha value is -0.970. The molecule has 2 rings (SSSR count). The molecule has 4 heteroatoms. The first-order valence-electron chi connectivity index (χ1n) is 6.19. The zero-order valence-electron chi connectivity index (χ0n) is 10.4. The summed E-state index contributed by atoms with van der Waals surface area (Å²) < 4.78 is 5.44. The molecule has 0 saturated carbocycles. The SMILES string of the molecule is CN(Cc1ccccn1)C(CN)C1CCOC1. The van der Waals surface area contributed by atoms with Crippen molar-refractivity contribution < 1.29 is 4.74 Å². The van der Waals surface area contributed by atoms with Crippen molar-refractivity contribution in [3.05, 3.63) is 30.1 Å². The largest absolute Gasteiger partial charge is 0.381 e. The number of likely N-dealkylation sites (N-methyl/N-ethyl adjacent to an activating group) is 1. The second kappa shape index (κ2) is 6.10. The van der Waals surface area contributed by atoms with Crippen LogP contribution in [0.2, 0.25) is 0 Å². The van der Waals surface area contributed by atoms with Gasteiger partial charge in [-0.25, -0.2) is 0 Å². The molecule has 2 atom stereocenters. The van der Waals surface area contributed by atoms with Gasteiger partial charge in [-0.05, 0) is 25.6 Å². The maximum atomic E-state index is 5.89. The molecular weight excluding hydrogens is 214 g/mol. The number of nitrogens with two attached hydrogens (primary N) is 1. The lowest BCUT2D eigenvalue weighted by Crippen LogP contribution is -2.43. The topological polar surface area (TPSA) is 51.4 Å². The second-order valence-corrected chi connectivity index (χ2v) is 4.66. The number of aromatic nitrogens is 1. The van der Waals surface area contributed by atoms with E-state index in [9.17, 15) is 0 Å². The zero-order chi connectivity index (χ0) is 12.1. The predicted molar refractivity (Wildman–Crippen MR) is 67.5 cm³/mol. The molecule has 0 aliphatic carbocycles. The molecule has 1 aromatic rings. The van der Waals surface area contributed by atoms with Gasteiger partial charge in [-0.15, -0.1) is 0 Å². The van der Waals surface area contributed by atoms with E-state index < -0.39 is 0 Å². The van der Waals surface area contributed by atoms with E-state index in [1.54, 1.807) is 0 Å². The van der Waals surface area contributed by atoms with Crippen molar-refractivity contribution in [1.29, 1.82) is 0 Å². The van der Waals surface area contributed by atoms with Crippen LogP contribution in [0.15, 0.2) is 24.4 Å². The molecule has 4 nitrogen and oxygen atoms in total. The third kappa shape index (κ3) is 3.25. The molecule has 1 saturated heterocycles. The molecule has 0 radical (unpaired) electrons. The predicted octanol–water partition coefficient (Wildman–Crippen LogP) is 0.877. The fourth-order valence-electron chi connectivity index (χ4n) is 2.45. The van der Waals surface area contributed by atoms with Gasteiger partial charge in [0.25, 0.3) is 0 Å². The molecule has 94 valence electrons. The molecule has 1 aliphatic rings. The quantitative estimate of drug-likeness (QED) is 0.823. The van der Waals surface area contributed by atoms with Gasteiger partial charge < -0.3 is 10.5 Å². The van der Waals surface area contributed by atoms with Crippen molar-refractivity contribution in [2.24, 2.45) is 11.7 Å². The van der Waals surface area contributed by atoms with Gasteiger partial charge in [0.2, 0.25) is 0 Å². The third-order valence-corrected chi connectivity index (χ3v) is 3.45. The van der Waals surface area contributed by atoms with Crippen molar-refractivity contribution >= 4 is 0 Å². The second-order valence-electron chi connectivity index (χ2n) is 4.66. The lowest BCUT2D eigenvalue weighted by molar-refractivity contribution is 0.136. The average molecular weight is 235 g/mol. The van der Waals surface area contributed by atoms with Crippen LogP contribution in [0.3, 0.4) is 0 Å². The van der Waals surface area contributed by atoms with E-state index in [4.69, 9.17) is 10.5 Å². The Kier molecular flexibility index (Phi) is 4.48. The first-order chi connectivity index (χ1) is 8.31. The molecule has 0 amide bonds. The Morgan fingerprint density at radius 1 is 1.59 bits per heavy atom. The van der Waals surface area contributed by atoms with Crippen LogP contribution < -0.4 is 5.73 Å². The smallest absolute Gasteiger partial charge is 0.0543 e. The minimum Gasteiger partial charge on any atom is -0.381 e. The Morgan fingerprint density at radius 2 is 2.47 bits per heavy atom. The normalized spacial score (nSPS) is 21.9. The molecule has 2 heterocycles. The summed E-state index contributed by atoms with van der Waals surface area (Å²) in [5, 5.41) is 0. The van der Waals surface area contributed by atoms with Crippen LogP contribution >= 0.6 is 0 Å². The van der Waals surface area contributed by atoms with Gasteiger partial charge in [-0.2, -0.15) is 0 Å². The molecular formula is C13H21N3O. The van der Waals surface area contributed by atoms with Crippen molar-refractivity contribution in [2.75, 3.05) is 26.8 Å². The summed E-state index contributed by atoms with van der Waals surface area (Å²) in [5.74, 6) is 0.564. The number of ether oxygens (including phenoxy) is 1. The molecule has 2 unspecified atom stereocenters. The van der Waals surface area contributed by atoms with E-state index in [0.29, 0.717) is 18.5 Å². The van der Waals surface area contributed by atoms with E-state index in [-0.39, 0.29) is 0 Å². The minimum atomic E-state index is 0.388. The Labute approximate surface area is 103 Å². The number of rotatable bonds is 5. The summed E-state index contributed by atoms with van der Waals surface area (Å²) in [5.41, 5.74) is 6.98. The highest BCUT2D eigenvalue weighted by molar-refractivity contribution is 5.03. The van der Waals surface area contributed by atoms with Gasteiger partial charge in [-0.3, -0.25) is 9.88 Å². The summed E-state index contributed by atoms with van der Waals surface area (Å²) in [6.07, 6.45) is 2.95. The van der Waals surface area contributed by atoms with Gasteiger partial charge in [0.05, 0.1) is 12.3 Å². The number of nitrogens with zero attached hydrogens (tertiary/aromatic N) is 2. The summed E-state index contributed by atoms with van der Waals surface area (Å²) in [6.45, 7) is 3.24. The number of hydrogen-bond donors (Lipinski definition) is 1. The van der Waals surface area contributed by atoms with Gasteiger partial charge in [0.1, 0.15) is 0 Å². The molecule has 0 bridgehead atoms. The maximum absolute atomic E-state index is 5.89. The fourth-order valence-corrected chi connectivity index (χ4v) is 2.45. The average Bonchev–Trinajstić information content (AvgIpc) is 2.85. The van der Waals surface area contributed by atoms with Crippen LogP contribution in [-0.4, -0.2) is 42.7 Å². The van der Waals surface area contributed by atoms with Crippen LogP contribution in [-0.2, 0) is 11.3 Å². The highest BCUT2D eigenvalue weighted by Crippen LogP contribution is 2.20. The van der Waals surface area contributed by atoms with E-state index in [0.717, 1.165) is 31.9 Å². The standard InChI is InChI=1S/C13H21N3O/c1-16(9-12-4-2-3-6-15-12)13(8-14)11-5-7-17-10-11/h2-4,6,11,13H,5,7-10,14H2,1H3. The van der Waals surface area contributed by atoms with E-state index in [1.165, 1.54) is 0 Å². The monoisotopic (exact) mass is 235 g/mol. The van der Waals surface area contributed by atoms with Crippen molar-refractivity contribution in [3.8, 4) is 0 Å². The van der Waals surface area contributed by atoms with E-state index >= 15 is 0 Å². The van der Waals surface area contributed by atoms with Crippen LogP contribution in [0.1, 0.15) is 12.1 Å². The molecule has 1 aromatic heterocycles. The number of pyridine rings is 1. The van der Waals surface area contributed by atoms with Gasteiger partial charge >= 0.3 is 0 Å². The Morgan fingerprint density at radius 3 is 3.06 bits per heavy atom. The van der Waals surface area contributed by atoms with Gasteiger partial charge in [0.15, 0.2) is 0 Å². The maximum Gasteiger partial charge on any atom is 0.0543 e. The zero-order valence-corrected chi connectivity index (χ0v) is 10.4. The molecule has 17 heavy (non-hydrogen) atoms. The Balaban J connectivity index is 1.95. The van der Waals surface area contributed by atoms with Gasteiger partial charge in [0, 0.05) is 37.9 Å². The molecule has 1 aliphatic heterocycles. The molecule has 0 spiro atoms. The first-order valence-corrected chi connectivity index (χ1v) is 6.19. The lowest BCUT2D eigenvalue weighted by atomic mass is 9.98. The highest BCUT2D eigenvalue weighted by Gasteiger charge is 2.27. The summed E-state index contributed by atoms with van der Waals surface area (Å²) in [6, 6.07) is 6.40. The van der Waals surface area contributed by atoms with Crippen LogP contribution in [0.5, 0.6) is 0 Å². The molecule has 2 N–H and O–H groups in total. The van der Waals surface area contributed by atoms with Crippen molar-refractivity contribution in [3.63, 3.8) is 0 Å². The van der Waals surface area contributed by atoms with Crippen molar-refractivity contribution in [2.45, 2.75) is 19.0 Å². The molecule has 0 aromatic carbocycles. The van der Waals surface area contributed by atoms with E-state index in [2.05, 4.69) is 23.0 Å². The van der Waals surface area contributed by atoms with Crippen LogP contribution in [0.25, 0.3) is 0 Å². The van der Waals surface area contributed by atoms with Crippen molar-refractivity contribution in [1.82, 2.24) is 9.88 Å². The lowest BCUT2D eigenvalue weighted by Gasteiger charge is -2.30.